The maximum atomic E-state index is 2.75. The summed E-state index contributed by atoms with van der Waals surface area (Å²) in [6.07, 6.45) is 2.75. The molecule has 1 aromatic rings. The third-order valence-corrected chi connectivity index (χ3v) is 5.55. The van der Waals surface area contributed by atoms with E-state index in [1.54, 1.807) is 4.88 Å². The number of nitrogens with zero attached hydrogens (tertiary/aromatic N) is 2. The summed E-state index contributed by atoms with van der Waals surface area (Å²) in [6.45, 7) is 12.0. The molecule has 2 fully saturated rings. The number of fused-ring (bicyclic) bond motifs is 1. The summed E-state index contributed by atoms with van der Waals surface area (Å²) in [5.74, 6) is 0.799. The maximum absolute atomic E-state index is 2.75. The Morgan fingerprint density at radius 2 is 1.84 bits per heavy atom. The highest BCUT2D eigenvalue weighted by Crippen LogP contribution is 2.33. The lowest BCUT2D eigenvalue weighted by molar-refractivity contribution is 0.204. The van der Waals surface area contributed by atoms with E-state index in [1.807, 2.05) is 11.3 Å². The number of thiophene rings is 1. The molecule has 0 bridgehead atoms. The summed E-state index contributed by atoms with van der Waals surface area (Å²) in [4.78, 5) is 8.46. The Morgan fingerprint density at radius 3 is 2.47 bits per heavy atom. The van der Waals surface area contributed by atoms with Crippen molar-refractivity contribution in [2.75, 3.05) is 19.6 Å². The average molecular weight is 278 g/mol. The summed E-state index contributed by atoms with van der Waals surface area (Å²) in [6, 6.07) is 6.23. The third kappa shape index (κ3) is 2.88. The molecule has 3 heteroatoms. The van der Waals surface area contributed by atoms with Crippen molar-refractivity contribution in [3.8, 4) is 0 Å². The molecule has 3 rings (SSSR count). The van der Waals surface area contributed by atoms with Crippen LogP contribution in [-0.2, 0) is 6.54 Å². The van der Waals surface area contributed by atoms with Gasteiger partial charge < -0.3 is 0 Å². The van der Waals surface area contributed by atoms with E-state index in [2.05, 4.69) is 42.7 Å². The Kier molecular flexibility index (Phi) is 3.97. The third-order valence-electron chi connectivity index (χ3n) is 4.56. The van der Waals surface area contributed by atoms with Gasteiger partial charge in [-0.2, -0.15) is 0 Å². The smallest absolute Gasteiger partial charge is 0.0331 e. The first-order valence-corrected chi connectivity index (χ1v) is 8.48. The number of aryl methyl sites for hydroxylation is 1. The molecule has 2 atom stereocenters. The monoisotopic (exact) mass is 278 g/mol. The highest BCUT2D eigenvalue weighted by Gasteiger charge is 2.42. The first-order valence-electron chi connectivity index (χ1n) is 7.67. The van der Waals surface area contributed by atoms with Crippen molar-refractivity contribution >= 4 is 11.3 Å². The van der Waals surface area contributed by atoms with Gasteiger partial charge in [0.15, 0.2) is 0 Å². The minimum absolute atomic E-state index is 0.799. The minimum atomic E-state index is 0.799. The van der Waals surface area contributed by atoms with Gasteiger partial charge in [0.25, 0.3) is 0 Å². The first-order chi connectivity index (χ1) is 9.13. The van der Waals surface area contributed by atoms with Crippen LogP contribution in [0.25, 0.3) is 0 Å². The molecule has 0 N–H and O–H groups in total. The van der Waals surface area contributed by atoms with Gasteiger partial charge in [0.05, 0.1) is 0 Å². The van der Waals surface area contributed by atoms with Crippen LogP contribution in [0.15, 0.2) is 12.1 Å². The SMILES string of the molecule is Cc1ccc(CN2CC[C@H]3[C@H]2CCN3CC(C)C)s1. The van der Waals surface area contributed by atoms with Crippen molar-refractivity contribution < 1.29 is 0 Å². The van der Waals surface area contributed by atoms with Crippen LogP contribution in [0, 0.1) is 12.8 Å². The normalized spacial score (nSPS) is 28.4. The van der Waals surface area contributed by atoms with Crippen LogP contribution in [0.2, 0.25) is 0 Å². The van der Waals surface area contributed by atoms with Crippen molar-refractivity contribution in [1.82, 2.24) is 9.80 Å². The molecule has 2 aliphatic rings. The average Bonchev–Trinajstić information content (AvgIpc) is 3.00. The molecule has 2 aliphatic heterocycles. The van der Waals surface area contributed by atoms with E-state index in [0.29, 0.717) is 0 Å². The Labute approximate surface area is 121 Å². The van der Waals surface area contributed by atoms with Crippen LogP contribution in [-0.4, -0.2) is 41.5 Å². The van der Waals surface area contributed by atoms with Crippen LogP contribution in [0.3, 0.4) is 0 Å². The fourth-order valence-electron chi connectivity index (χ4n) is 3.83. The zero-order valence-corrected chi connectivity index (χ0v) is 13.2. The molecule has 1 aromatic heterocycles. The van der Waals surface area contributed by atoms with Crippen molar-refractivity contribution in [3.63, 3.8) is 0 Å². The molecule has 0 aliphatic carbocycles. The van der Waals surface area contributed by atoms with Crippen LogP contribution in [0.1, 0.15) is 36.4 Å². The lowest BCUT2D eigenvalue weighted by Gasteiger charge is -2.26. The molecule has 2 nitrogen and oxygen atoms in total. The number of hydrogen-bond donors (Lipinski definition) is 0. The summed E-state index contributed by atoms with van der Waals surface area (Å²) in [5, 5.41) is 0. The molecule has 0 unspecified atom stereocenters. The van der Waals surface area contributed by atoms with Gasteiger partial charge >= 0.3 is 0 Å². The van der Waals surface area contributed by atoms with Gasteiger partial charge in [0.1, 0.15) is 0 Å². The fraction of sp³-hybridized carbons (Fsp3) is 0.750. The van der Waals surface area contributed by atoms with Crippen molar-refractivity contribution in [2.45, 2.75) is 52.2 Å². The molecule has 0 saturated carbocycles. The summed E-state index contributed by atoms with van der Waals surface area (Å²) in [7, 11) is 0. The minimum Gasteiger partial charge on any atom is -0.298 e. The highest BCUT2D eigenvalue weighted by molar-refractivity contribution is 7.11. The Balaban J connectivity index is 1.61. The predicted molar refractivity (Wildman–Crippen MR) is 82.7 cm³/mol. The zero-order chi connectivity index (χ0) is 13.4. The van der Waals surface area contributed by atoms with Gasteiger partial charge in [0.2, 0.25) is 0 Å². The van der Waals surface area contributed by atoms with Gasteiger partial charge in [-0.25, -0.2) is 0 Å². The van der Waals surface area contributed by atoms with Gasteiger partial charge in [-0.3, -0.25) is 9.80 Å². The van der Waals surface area contributed by atoms with Crippen molar-refractivity contribution in [1.29, 1.82) is 0 Å². The summed E-state index contributed by atoms with van der Waals surface area (Å²) < 4.78 is 0. The van der Waals surface area contributed by atoms with E-state index in [9.17, 15) is 0 Å². The van der Waals surface area contributed by atoms with Crippen LogP contribution < -0.4 is 0 Å². The highest BCUT2D eigenvalue weighted by atomic mass is 32.1. The largest absolute Gasteiger partial charge is 0.298 e. The molecule has 3 heterocycles. The van der Waals surface area contributed by atoms with Gasteiger partial charge in [-0.05, 0) is 37.8 Å². The number of rotatable bonds is 4. The van der Waals surface area contributed by atoms with Crippen LogP contribution >= 0.6 is 11.3 Å². The summed E-state index contributed by atoms with van der Waals surface area (Å²) in [5.41, 5.74) is 0. The van der Waals surface area contributed by atoms with Crippen LogP contribution in [0.4, 0.5) is 0 Å². The van der Waals surface area contributed by atoms with Crippen LogP contribution in [0.5, 0.6) is 0 Å². The Hall–Kier alpha value is -0.380. The van der Waals surface area contributed by atoms with E-state index in [4.69, 9.17) is 0 Å². The fourth-order valence-corrected chi connectivity index (χ4v) is 4.74. The second-order valence-electron chi connectivity index (χ2n) is 6.58. The lowest BCUT2D eigenvalue weighted by Crippen LogP contribution is -2.37. The molecule has 0 amide bonds. The topological polar surface area (TPSA) is 6.48 Å². The number of hydrogen-bond acceptors (Lipinski definition) is 3. The molecule has 2 saturated heterocycles. The lowest BCUT2D eigenvalue weighted by atomic mass is 10.1. The molecular weight excluding hydrogens is 252 g/mol. The first kappa shape index (κ1) is 13.6. The van der Waals surface area contributed by atoms with E-state index >= 15 is 0 Å². The Morgan fingerprint density at radius 1 is 1.16 bits per heavy atom. The molecular formula is C16H26N2S. The van der Waals surface area contributed by atoms with Gasteiger partial charge in [-0.1, -0.05) is 13.8 Å². The molecule has 106 valence electrons. The zero-order valence-electron chi connectivity index (χ0n) is 12.4. The van der Waals surface area contributed by atoms with Gasteiger partial charge in [0, 0.05) is 48.0 Å². The van der Waals surface area contributed by atoms with E-state index < -0.39 is 0 Å². The van der Waals surface area contributed by atoms with E-state index in [1.165, 1.54) is 43.9 Å². The van der Waals surface area contributed by atoms with Crippen molar-refractivity contribution in [2.24, 2.45) is 5.92 Å². The second kappa shape index (κ2) is 5.55. The van der Waals surface area contributed by atoms with E-state index in [0.717, 1.165) is 18.0 Å². The number of likely N-dealkylation sites (tertiary alicyclic amines) is 2. The molecule has 19 heavy (non-hydrogen) atoms. The quantitative estimate of drug-likeness (QED) is 0.833. The Bertz CT molecular complexity index is 426. The summed E-state index contributed by atoms with van der Waals surface area (Å²) >= 11 is 1.96. The molecule has 0 aromatic carbocycles. The maximum Gasteiger partial charge on any atom is 0.0331 e. The van der Waals surface area contributed by atoms with Crippen molar-refractivity contribution in [3.05, 3.63) is 21.9 Å². The second-order valence-corrected chi connectivity index (χ2v) is 7.96. The van der Waals surface area contributed by atoms with E-state index in [-0.39, 0.29) is 0 Å². The predicted octanol–water partition coefficient (Wildman–Crippen LogP) is 3.36. The standard InChI is InChI=1S/C16H26N2S/c1-12(2)10-17-8-6-16-15(17)7-9-18(16)11-14-5-4-13(3)19-14/h4-5,12,15-16H,6-11H2,1-3H3/t15-,16+/m0/s1. The molecule has 0 spiro atoms. The molecule has 0 radical (unpaired) electrons. The van der Waals surface area contributed by atoms with Gasteiger partial charge in [-0.15, -0.1) is 11.3 Å².